The molecule has 0 saturated carbocycles. The fraction of sp³-hybridized carbons (Fsp3) is 0.462. The number of rotatable bonds is 7. The van der Waals surface area contributed by atoms with Crippen LogP contribution in [0.4, 0.5) is 5.69 Å². The third kappa shape index (κ3) is 5.37. The monoisotopic (exact) mass is 449 g/mol. The van der Waals surface area contributed by atoms with E-state index in [1.54, 1.807) is 0 Å². The maximum Gasteiger partial charge on any atom is 0.321 e. The Kier molecular flexibility index (Phi) is 7.30. The molecular weight excluding hydrogens is 414 g/mol. The van der Waals surface area contributed by atoms with E-state index >= 15 is 0 Å². The van der Waals surface area contributed by atoms with Crippen LogP contribution in [0.5, 0.6) is 0 Å². The van der Waals surface area contributed by atoms with Crippen LogP contribution in [-0.4, -0.2) is 78.1 Å². The summed E-state index contributed by atoms with van der Waals surface area (Å²) in [5.74, 6) is -0.673. The van der Waals surface area contributed by atoms with Gasteiger partial charge in [-0.05, 0) is 42.7 Å². The molecule has 2 atom stereocenters. The number of piperidine rings is 1. The SMILES string of the molecule is CC(c1ccccc1)C(C(=O)O)N1CCC(N2CCN(c3ccc(C(=N)N)cc3)CC2)CC1. The number of likely N-dealkylation sites (tertiary alicyclic amines) is 1. The highest BCUT2D eigenvalue weighted by molar-refractivity contribution is 5.95. The number of piperazine rings is 1. The Morgan fingerprint density at radius 2 is 1.58 bits per heavy atom. The quantitative estimate of drug-likeness (QED) is 0.444. The van der Waals surface area contributed by atoms with Gasteiger partial charge in [0.1, 0.15) is 11.9 Å². The lowest BCUT2D eigenvalue weighted by molar-refractivity contribution is -0.144. The minimum atomic E-state index is -0.728. The Hall–Kier alpha value is -2.90. The van der Waals surface area contributed by atoms with Gasteiger partial charge in [-0.15, -0.1) is 0 Å². The van der Waals surface area contributed by atoms with Gasteiger partial charge in [0, 0.05) is 62.5 Å². The molecule has 7 nitrogen and oxygen atoms in total. The third-order valence-corrected chi connectivity index (χ3v) is 7.32. The first kappa shape index (κ1) is 23.3. The number of hydrogen-bond acceptors (Lipinski definition) is 5. The van der Waals surface area contributed by atoms with E-state index in [9.17, 15) is 9.90 Å². The van der Waals surface area contributed by atoms with Gasteiger partial charge in [0.25, 0.3) is 0 Å². The molecule has 0 bridgehead atoms. The summed E-state index contributed by atoms with van der Waals surface area (Å²) in [5.41, 5.74) is 8.57. The Labute approximate surface area is 196 Å². The first-order valence-electron chi connectivity index (χ1n) is 11.9. The molecule has 0 aliphatic carbocycles. The number of nitrogens with two attached hydrogens (primary N) is 1. The third-order valence-electron chi connectivity index (χ3n) is 7.32. The Morgan fingerprint density at radius 1 is 0.970 bits per heavy atom. The molecule has 0 amide bonds. The number of aliphatic carboxylic acids is 1. The zero-order valence-electron chi connectivity index (χ0n) is 19.4. The molecule has 2 unspecified atom stereocenters. The number of carbonyl (C=O) groups is 1. The van der Waals surface area contributed by atoms with Crippen molar-refractivity contribution in [3.63, 3.8) is 0 Å². The molecule has 4 N–H and O–H groups in total. The molecule has 0 radical (unpaired) electrons. The number of amidine groups is 1. The van der Waals surface area contributed by atoms with Crippen molar-refractivity contribution in [1.29, 1.82) is 5.41 Å². The first-order valence-corrected chi connectivity index (χ1v) is 11.9. The fourth-order valence-corrected chi connectivity index (χ4v) is 5.35. The van der Waals surface area contributed by atoms with Crippen LogP contribution in [0.1, 0.15) is 36.8 Å². The van der Waals surface area contributed by atoms with Gasteiger partial charge in [-0.2, -0.15) is 0 Å². The second-order valence-electron chi connectivity index (χ2n) is 9.23. The van der Waals surface area contributed by atoms with Gasteiger partial charge in [0.05, 0.1) is 0 Å². The van der Waals surface area contributed by atoms with Crippen molar-refractivity contribution < 1.29 is 9.90 Å². The highest BCUT2D eigenvalue weighted by Gasteiger charge is 2.36. The molecule has 2 aromatic carbocycles. The lowest BCUT2D eigenvalue weighted by Gasteiger charge is -2.45. The van der Waals surface area contributed by atoms with Crippen LogP contribution in [0.15, 0.2) is 54.6 Å². The number of nitrogens with zero attached hydrogens (tertiary/aromatic N) is 3. The van der Waals surface area contributed by atoms with Gasteiger partial charge in [0.2, 0.25) is 0 Å². The summed E-state index contributed by atoms with van der Waals surface area (Å²) < 4.78 is 0. The van der Waals surface area contributed by atoms with Crippen molar-refractivity contribution in [2.24, 2.45) is 5.73 Å². The molecule has 2 aliphatic rings. The van der Waals surface area contributed by atoms with E-state index in [2.05, 4.69) is 14.7 Å². The molecule has 2 fully saturated rings. The van der Waals surface area contributed by atoms with Crippen LogP contribution in [-0.2, 0) is 4.79 Å². The Bertz CT molecular complexity index is 933. The normalized spacial score (nSPS) is 20.3. The molecule has 33 heavy (non-hydrogen) atoms. The van der Waals surface area contributed by atoms with Crippen LogP contribution in [0.3, 0.4) is 0 Å². The zero-order valence-corrected chi connectivity index (χ0v) is 19.4. The minimum absolute atomic E-state index is 0.0433. The lowest BCUT2D eigenvalue weighted by Crippen LogP contribution is -2.55. The molecule has 0 aromatic heterocycles. The molecule has 2 saturated heterocycles. The Balaban J connectivity index is 1.30. The van der Waals surface area contributed by atoms with Gasteiger partial charge in [0.15, 0.2) is 0 Å². The summed E-state index contributed by atoms with van der Waals surface area (Å²) in [6.07, 6.45) is 2.02. The van der Waals surface area contributed by atoms with E-state index < -0.39 is 12.0 Å². The van der Waals surface area contributed by atoms with E-state index in [1.807, 2.05) is 61.5 Å². The largest absolute Gasteiger partial charge is 0.480 e. The maximum absolute atomic E-state index is 12.1. The predicted molar refractivity (Wildman–Crippen MR) is 132 cm³/mol. The second kappa shape index (κ2) is 10.4. The molecule has 2 heterocycles. The minimum Gasteiger partial charge on any atom is -0.480 e. The second-order valence-corrected chi connectivity index (χ2v) is 9.23. The van der Waals surface area contributed by atoms with Crippen molar-refractivity contribution in [3.05, 3.63) is 65.7 Å². The number of carboxylic acid groups (broad SMARTS) is 1. The number of anilines is 1. The van der Waals surface area contributed by atoms with E-state index in [0.29, 0.717) is 6.04 Å². The molecule has 0 spiro atoms. The van der Waals surface area contributed by atoms with Crippen LogP contribution in [0, 0.1) is 5.41 Å². The van der Waals surface area contributed by atoms with E-state index in [-0.39, 0.29) is 11.8 Å². The summed E-state index contributed by atoms with van der Waals surface area (Å²) >= 11 is 0. The van der Waals surface area contributed by atoms with Crippen LogP contribution < -0.4 is 10.6 Å². The smallest absolute Gasteiger partial charge is 0.321 e. The lowest BCUT2D eigenvalue weighted by atomic mass is 9.90. The van der Waals surface area contributed by atoms with E-state index in [1.165, 1.54) is 5.69 Å². The summed E-state index contributed by atoms with van der Waals surface area (Å²) in [4.78, 5) is 19.3. The van der Waals surface area contributed by atoms with Crippen LogP contribution >= 0.6 is 0 Å². The highest BCUT2D eigenvalue weighted by atomic mass is 16.4. The molecular formula is C26H35N5O2. The van der Waals surface area contributed by atoms with E-state index in [4.69, 9.17) is 11.1 Å². The highest BCUT2D eigenvalue weighted by Crippen LogP contribution is 2.28. The van der Waals surface area contributed by atoms with Gasteiger partial charge in [-0.1, -0.05) is 37.3 Å². The van der Waals surface area contributed by atoms with Crippen molar-refractivity contribution in [2.45, 2.75) is 37.8 Å². The fourth-order valence-electron chi connectivity index (χ4n) is 5.35. The maximum atomic E-state index is 12.1. The van der Waals surface area contributed by atoms with Crippen LogP contribution in [0.25, 0.3) is 0 Å². The Morgan fingerprint density at radius 3 is 2.12 bits per heavy atom. The number of carboxylic acids is 1. The van der Waals surface area contributed by atoms with Gasteiger partial charge < -0.3 is 15.7 Å². The topological polar surface area (TPSA) is 96.9 Å². The summed E-state index contributed by atoms with van der Waals surface area (Å²) in [6, 6.07) is 17.9. The summed E-state index contributed by atoms with van der Waals surface area (Å²) in [7, 11) is 0. The standard InChI is InChI=1S/C26H35N5O2/c1-19(20-5-3-2-4-6-20)24(26(32)33)31-13-11-23(12-14-31)30-17-15-29(16-18-30)22-9-7-21(8-10-22)25(27)28/h2-10,19,23-24H,11-18H2,1H3,(H3,27,28)(H,32,33). The van der Waals surface area contributed by atoms with Crippen molar-refractivity contribution in [1.82, 2.24) is 9.80 Å². The first-order chi connectivity index (χ1) is 15.9. The number of nitrogen functional groups attached to an aromatic ring is 1. The van der Waals surface area contributed by atoms with Crippen molar-refractivity contribution in [3.8, 4) is 0 Å². The molecule has 4 rings (SSSR count). The average molecular weight is 450 g/mol. The molecule has 2 aromatic rings. The van der Waals surface area contributed by atoms with Gasteiger partial charge in [-0.25, -0.2) is 0 Å². The van der Waals surface area contributed by atoms with Crippen molar-refractivity contribution in [2.75, 3.05) is 44.2 Å². The van der Waals surface area contributed by atoms with E-state index in [0.717, 1.165) is 63.2 Å². The molecule has 176 valence electrons. The van der Waals surface area contributed by atoms with Crippen molar-refractivity contribution >= 4 is 17.5 Å². The van der Waals surface area contributed by atoms with Crippen LogP contribution in [0.2, 0.25) is 0 Å². The summed E-state index contributed by atoms with van der Waals surface area (Å²) in [6.45, 7) is 7.66. The predicted octanol–water partition coefficient (Wildman–Crippen LogP) is 2.81. The van der Waals surface area contributed by atoms with Gasteiger partial charge in [-0.3, -0.25) is 20.0 Å². The molecule has 7 heteroatoms. The zero-order chi connectivity index (χ0) is 23.4. The average Bonchev–Trinajstić information content (AvgIpc) is 2.85. The van der Waals surface area contributed by atoms with Gasteiger partial charge >= 0.3 is 5.97 Å². The summed E-state index contributed by atoms with van der Waals surface area (Å²) in [5, 5.41) is 17.5. The molecule has 2 aliphatic heterocycles. The number of nitrogens with one attached hydrogen (secondary N) is 1. The number of benzene rings is 2. The number of hydrogen-bond donors (Lipinski definition) is 3.